The average molecular weight is 303 g/mol. The standard InChI is InChI=1S/C18H25NO3/c1-13-4-3-5-17(14(13)2)18(20)19-9-6-15(7-10-19)22-16-8-11-21-12-16/h3-5,15-16H,6-12H2,1-2H3. The fraction of sp³-hybridized carbons (Fsp3) is 0.611. The average Bonchev–Trinajstić information content (AvgIpc) is 3.03. The first-order chi connectivity index (χ1) is 10.6. The van der Waals surface area contributed by atoms with Gasteiger partial charge in [-0.05, 0) is 50.3 Å². The molecular formula is C18H25NO3. The van der Waals surface area contributed by atoms with Crippen molar-refractivity contribution in [1.29, 1.82) is 0 Å². The maximum absolute atomic E-state index is 12.7. The minimum Gasteiger partial charge on any atom is -0.379 e. The van der Waals surface area contributed by atoms with Gasteiger partial charge in [0.2, 0.25) is 0 Å². The Kier molecular flexibility index (Phi) is 4.79. The lowest BCUT2D eigenvalue weighted by Gasteiger charge is -2.33. The Morgan fingerprint density at radius 2 is 1.95 bits per heavy atom. The largest absolute Gasteiger partial charge is 0.379 e. The molecule has 1 aromatic carbocycles. The van der Waals surface area contributed by atoms with E-state index in [0.717, 1.165) is 56.7 Å². The summed E-state index contributed by atoms with van der Waals surface area (Å²) in [6.07, 6.45) is 3.38. The summed E-state index contributed by atoms with van der Waals surface area (Å²) in [5.74, 6) is 0.156. The Balaban J connectivity index is 1.56. The van der Waals surface area contributed by atoms with Gasteiger partial charge in [0.05, 0.1) is 18.8 Å². The van der Waals surface area contributed by atoms with Crippen LogP contribution in [0.15, 0.2) is 18.2 Å². The number of piperidine rings is 1. The van der Waals surface area contributed by atoms with Crippen molar-refractivity contribution in [1.82, 2.24) is 4.90 Å². The molecule has 2 aliphatic heterocycles. The van der Waals surface area contributed by atoms with Gasteiger partial charge in [0, 0.05) is 25.3 Å². The predicted octanol–water partition coefficient (Wildman–Crippen LogP) is 2.71. The van der Waals surface area contributed by atoms with Crippen LogP contribution in [0.4, 0.5) is 0 Å². The van der Waals surface area contributed by atoms with E-state index in [-0.39, 0.29) is 18.1 Å². The van der Waals surface area contributed by atoms with E-state index in [1.165, 1.54) is 5.56 Å². The van der Waals surface area contributed by atoms with Crippen LogP contribution in [-0.2, 0) is 9.47 Å². The first-order valence-corrected chi connectivity index (χ1v) is 8.24. The second kappa shape index (κ2) is 6.80. The van der Waals surface area contributed by atoms with Gasteiger partial charge in [-0.3, -0.25) is 4.79 Å². The van der Waals surface area contributed by atoms with Gasteiger partial charge in [-0.15, -0.1) is 0 Å². The Labute approximate surface area is 132 Å². The lowest BCUT2D eigenvalue weighted by Crippen LogP contribution is -2.42. The molecule has 0 saturated carbocycles. The number of likely N-dealkylation sites (tertiary alicyclic amines) is 1. The topological polar surface area (TPSA) is 38.8 Å². The number of aryl methyl sites for hydroxylation is 1. The van der Waals surface area contributed by atoms with Crippen molar-refractivity contribution in [3.05, 3.63) is 34.9 Å². The zero-order valence-electron chi connectivity index (χ0n) is 13.5. The van der Waals surface area contributed by atoms with Crippen molar-refractivity contribution in [3.63, 3.8) is 0 Å². The molecule has 1 amide bonds. The number of carbonyl (C=O) groups is 1. The molecule has 0 radical (unpaired) electrons. The molecule has 4 heteroatoms. The third-order valence-electron chi connectivity index (χ3n) is 4.84. The molecule has 1 atom stereocenters. The fourth-order valence-electron chi connectivity index (χ4n) is 3.24. The van der Waals surface area contributed by atoms with Crippen molar-refractivity contribution in [2.45, 2.75) is 45.3 Å². The highest BCUT2D eigenvalue weighted by Gasteiger charge is 2.27. The highest BCUT2D eigenvalue weighted by atomic mass is 16.5. The van der Waals surface area contributed by atoms with Crippen LogP contribution in [-0.4, -0.2) is 49.3 Å². The number of amides is 1. The first kappa shape index (κ1) is 15.5. The number of nitrogens with zero attached hydrogens (tertiary/aromatic N) is 1. The van der Waals surface area contributed by atoms with E-state index in [4.69, 9.17) is 9.47 Å². The van der Waals surface area contributed by atoms with E-state index >= 15 is 0 Å². The van der Waals surface area contributed by atoms with Gasteiger partial charge in [-0.25, -0.2) is 0 Å². The molecule has 2 heterocycles. The molecule has 2 saturated heterocycles. The van der Waals surface area contributed by atoms with Crippen LogP contribution in [0.1, 0.15) is 40.7 Å². The molecule has 0 bridgehead atoms. The quantitative estimate of drug-likeness (QED) is 0.862. The molecular weight excluding hydrogens is 278 g/mol. The maximum Gasteiger partial charge on any atom is 0.254 e. The molecule has 0 aromatic heterocycles. The third-order valence-corrected chi connectivity index (χ3v) is 4.84. The van der Waals surface area contributed by atoms with Crippen LogP contribution in [0.25, 0.3) is 0 Å². The number of hydrogen-bond acceptors (Lipinski definition) is 3. The summed E-state index contributed by atoms with van der Waals surface area (Å²) in [4.78, 5) is 14.7. The van der Waals surface area contributed by atoms with Crippen molar-refractivity contribution in [2.75, 3.05) is 26.3 Å². The van der Waals surface area contributed by atoms with Crippen LogP contribution in [0.5, 0.6) is 0 Å². The summed E-state index contributed by atoms with van der Waals surface area (Å²) in [6.45, 7) is 7.18. The van der Waals surface area contributed by atoms with Crippen LogP contribution >= 0.6 is 0 Å². The molecule has 120 valence electrons. The number of benzene rings is 1. The van der Waals surface area contributed by atoms with Crippen molar-refractivity contribution >= 4 is 5.91 Å². The van der Waals surface area contributed by atoms with E-state index in [0.29, 0.717) is 0 Å². The molecule has 4 nitrogen and oxygen atoms in total. The smallest absolute Gasteiger partial charge is 0.254 e. The normalized spacial score (nSPS) is 23.0. The van der Waals surface area contributed by atoms with Gasteiger partial charge >= 0.3 is 0 Å². The van der Waals surface area contributed by atoms with Gasteiger partial charge in [0.15, 0.2) is 0 Å². The van der Waals surface area contributed by atoms with E-state index in [1.54, 1.807) is 0 Å². The molecule has 1 unspecified atom stereocenters. The second-order valence-corrected chi connectivity index (χ2v) is 6.36. The minimum absolute atomic E-state index is 0.156. The molecule has 3 rings (SSSR count). The summed E-state index contributed by atoms with van der Waals surface area (Å²) >= 11 is 0. The highest BCUT2D eigenvalue weighted by molar-refractivity contribution is 5.96. The Bertz CT molecular complexity index is 529. The van der Waals surface area contributed by atoms with Gasteiger partial charge in [-0.2, -0.15) is 0 Å². The second-order valence-electron chi connectivity index (χ2n) is 6.36. The zero-order valence-corrected chi connectivity index (χ0v) is 13.5. The molecule has 1 aromatic rings. The summed E-state index contributed by atoms with van der Waals surface area (Å²) in [5.41, 5.74) is 3.10. The zero-order chi connectivity index (χ0) is 15.5. The van der Waals surface area contributed by atoms with Crippen LogP contribution in [0.2, 0.25) is 0 Å². The predicted molar refractivity (Wildman–Crippen MR) is 85.2 cm³/mol. The first-order valence-electron chi connectivity index (χ1n) is 8.24. The molecule has 22 heavy (non-hydrogen) atoms. The van der Waals surface area contributed by atoms with Crippen LogP contribution < -0.4 is 0 Å². The van der Waals surface area contributed by atoms with Crippen LogP contribution in [0.3, 0.4) is 0 Å². The van der Waals surface area contributed by atoms with Gasteiger partial charge in [0.25, 0.3) is 5.91 Å². The summed E-state index contributed by atoms with van der Waals surface area (Å²) in [5, 5.41) is 0. The molecule has 2 aliphatic rings. The molecule has 0 N–H and O–H groups in total. The Morgan fingerprint density at radius 1 is 1.18 bits per heavy atom. The summed E-state index contributed by atoms with van der Waals surface area (Å²) in [7, 11) is 0. The van der Waals surface area contributed by atoms with Crippen molar-refractivity contribution in [3.8, 4) is 0 Å². The van der Waals surface area contributed by atoms with E-state index in [1.807, 2.05) is 24.0 Å². The highest BCUT2D eigenvalue weighted by Crippen LogP contribution is 2.22. The molecule has 0 aliphatic carbocycles. The lowest BCUT2D eigenvalue weighted by molar-refractivity contribution is -0.0408. The van der Waals surface area contributed by atoms with Crippen LogP contribution in [0, 0.1) is 13.8 Å². The lowest BCUT2D eigenvalue weighted by atomic mass is 10.0. The van der Waals surface area contributed by atoms with Gasteiger partial charge < -0.3 is 14.4 Å². The van der Waals surface area contributed by atoms with Crippen molar-refractivity contribution < 1.29 is 14.3 Å². The van der Waals surface area contributed by atoms with E-state index < -0.39 is 0 Å². The number of hydrogen-bond donors (Lipinski definition) is 0. The van der Waals surface area contributed by atoms with E-state index in [9.17, 15) is 4.79 Å². The number of carbonyl (C=O) groups excluding carboxylic acids is 1. The SMILES string of the molecule is Cc1cccc(C(=O)N2CCC(OC3CCOC3)CC2)c1C. The number of rotatable bonds is 3. The van der Waals surface area contributed by atoms with Crippen molar-refractivity contribution in [2.24, 2.45) is 0 Å². The Hall–Kier alpha value is -1.39. The Morgan fingerprint density at radius 3 is 2.64 bits per heavy atom. The maximum atomic E-state index is 12.7. The summed E-state index contributed by atoms with van der Waals surface area (Å²) < 4.78 is 11.4. The minimum atomic E-state index is 0.156. The van der Waals surface area contributed by atoms with Gasteiger partial charge in [-0.1, -0.05) is 12.1 Å². The monoisotopic (exact) mass is 303 g/mol. The third kappa shape index (κ3) is 3.33. The van der Waals surface area contributed by atoms with Gasteiger partial charge in [0.1, 0.15) is 0 Å². The van der Waals surface area contributed by atoms with E-state index in [2.05, 4.69) is 13.0 Å². The molecule has 2 fully saturated rings. The summed E-state index contributed by atoms with van der Waals surface area (Å²) in [6, 6.07) is 5.95. The molecule has 0 spiro atoms. The fourth-order valence-corrected chi connectivity index (χ4v) is 3.24. The number of ether oxygens (including phenoxy) is 2.